The Bertz CT molecular complexity index is 836. The van der Waals surface area contributed by atoms with Gasteiger partial charge in [0.05, 0.1) is 34.4 Å². The first-order valence-electron chi connectivity index (χ1n) is 9.02. The number of carbonyl (C=O) groups excluding carboxylic acids is 2. The van der Waals surface area contributed by atoms with E-state index < -0.39 is 0 Å². The quantitative estimate of drug-likeness (QED) is 0.713. The molecular formula is C20H22Cl2N3O2+. The first-order valence-corrected chi connectivity index (χ1v) is 9.77. The summed E-state index contributed by atoms with van der Waals surface area (Å²) in [6, 6.07) is 11.8. The second kappa shape index (κ2) is 9.22. The number of benzene rings is 2. The Labute approximate surface area is 168 Å². The molecule has 3 N–H and O–H groups in total. The molecule has 0 radical (unpaired) electrons. The molecule has 1 aliphatic heterocycles. The highest BCUT2D eigenvalue weighted by atomic mass is 35.5. The Kier molecular flexibility index (Phi) is 6.72. The molecule has 0 aliphatic carbocycles. The largest absolute Gasteiger partial charge is 0.327 e. The smallest absolute Gasteiger partial charge is 0.279 e. The van der Waals surface area contributed by atoms with Crippen LogP contribution in [0.4, 0.5) is 11.4 Å². The van der Waals surface area contributed by atoms with Crippen LogP contribution in [0.1, 0.15) is 29.6 Å². The first kappa shape index (κ1) is 19.7. The van der Waals surface area contributed by atoms with Crippen molar-refractivity contribution in [3.63, 3.8) is 0 Å². The van der Waals surface area contributed by atoms with Crippen molar-refractivity contribution in [2.45, 2.75) is 19.3 Å². The van der Waals surface area contributed by atoms with Gasteiger partial charge < -0.3 is 15.5 Å². The van der Waals surface area contributed by atoms with Crippen molar-refractivity contribution in [2.24, 2.45) is 0 Å². The third-order valence-corrected chi connectivity index (χ3v) is 5.23. The summed E-state index contributed by atoms with van der Waals surface area (Å²) < 4.78 is 0. The van der Waals surface area contributed by atoms with E-state index in [1.807, 2.05) is 0 Å². The Morgan fingerprint density at radius 3 is 2.37 bits per heavy atom. The van der Waals surface area contributed by atoms with E-state index in [1.165, 1.54) is 24.2 Å². The minimum absolute atomic E-state index is 0.0540. The summed E-state index contributed by atoms with van der Waals surface area (Å²) in [5, 5.41) is 6.36. The van der Waals surface area contributed by atoms with Crippen molar-refractivity contribution in [2.75, 3.05) is 30.3 Å². The maximum Gasteiger partial charge on any atom is 0.279 e. The lowest BCUT2D eigenvalue weighted by Gasteiger charge is -2.22. The van der Waals surface area contributed by atoms with E-state index in [1.54, 1.807) is 42.5 Å². The van der Waals surface area contributed by atoms with Crippen LogP contribution in [0, 0.1) is 0 Å². The van der Waals surface area contributed by atoms with Crippen molar-refractivity contribution >= 4 is 46.4 Å². The van der Waals surface area contributed by atoms with E-state index in [9.17, 15) is 9.59 Å². The highest BCUT2D eigenvalue weighted by Gasteiger charge is 2.18. The predicted octanol–water partition coefficient (Wildman–Crippen LogP) is 3.25. The zero-order chi connectivity index (χ0) is 19.2. The number of likely N-dealkylation sites (tertiary alicyclic amines) is 1. The Balaban J connectivity index is 1.60. The number of anilines is 2. The van der Waals surface area contributed by atoms with Crippen LogP contribution in [-0.4, -0.2) is 31.4 Å². The molecule has 3 rings (SSSR count). The molecule has 1 fully saturated rings. The summed E-state index contributed by atoms with van der Waals surface area (Å²) in [5.74, 6) is -0.371. The van der Waals surface area contributed by atoms with Gasteiger partial charge in [-0.05, 0) is 49.6 Å². The molecule has 0 unspecified atom stereocenters. The van der Waals surface area contributed by atoms with Gasteiger partial charge in [0.1, 0.15) is 0 Å². The fraction of sp³-hybridized carbons (Fsp3) is 0.300. The Morgan fingerprint density at radius 1 is 0.926 bits per heavy atom. The SMILES string of the molecule is O=C(C[NH+]1CCCCC1)Nc1ccc(NC(=O)c2ccccc2Cl)cc1Cl. The van der Waals surface area contributed by atoms with E-state index in [2.05, 4.69) is 10.6 Å². The number of rotatable bonds is 5. The lowest BCUT2D eigenvalue weighted by Crippen LogP contribution is -3.13. The summed E-state index contributed by atoms with van der Waals surface area (Å²) >= 11 is 12.3. The van der Waals surface area contributed by atoms with Crippen molar-refractivity contribution in [1.29, 1.82) is 0 Å². The molecule has 0 bridgehead atoms. The molecule has 7 heteroatoms. The van der Waals surface area contributed by atoms with Gasteiger partial charge in [0.25, 0.3) is 11.8 Å². The lowest BCUT2D eigenvalue weighted by atomic mass is 10.1. The second-order valence-corrected chi connectivity index (χ2v) is 7.48. The van der Waals surface area contributed by atoms with Gasteiger partial charge in [0.2, 0.25) is 0 Å². The number of hydrogen-bond acceptors (Lipinski definition) is 2. The molecule has 2 aromatic rings. The van der Waals surface area contributed by atoms with Crippen LogP contribution < -0.4 is 15.5 Å². The molecule has 2 amide bonds. The Morgan fingerprint density at radius 2 is 1.67 bits per heavy atom. The topological polar surface area (TPSA) is 62.6 Å². The fourth-order valence-corrected chi connectivity index (χ4v) is 3.64. The number of halogens is 2. The number of quaternary nitrogens is 1. The molecule has 27 heavy (non-hydrogen) atoms. The van der Waals surface area contributed by atoms with Gasteiger partial charge in [-0.25, -0.2) is 0 Å². The molecular weight excluding hydrogens is 385 g/mol. The van der Waals surface area contributed by atoms with Crippen LogP contribution in [-0.2, 0) is 4.79 Å². The summed E-state index contributed by atoms with van der Waals surface area (Å²) in [4.78, 5) is 25.9. The van der Waals surface area contributed by atoms with Crippen LogP contribution in [0.2, 0.25) is 10.0 Å². The normalized spacial score (nSPS) is 14.6. The number of hydrogen-bond donors (Lipinski definition) is 3. The predicted molar refractivity (Wildman–Crippen MR) is 109 cm³/mol. The highest BCUT2D eigenvalue weighted by Crippen LogP contribution is 2.26. The molecule has 142 valence electrons. The summed E-state index contributed by atoms with van der Waals surface area (Å²) in [6.45, 7) is 2.52. The van der Waals surface area contributed by atoms with Crippen LogP contribution >= 0.6 is 23.2 Å². The van der Waals surface area contributed by atoms with E-state index in [-0.39, 0.29) is 11.8 Å². The monoisotopic (exact) mass is 406 g/mol. The van der Waals surface area contributed by atoms with Gasteiger partial charge in [-0.2, -0.15) is 0 Å². The Hall–Kier alpha value is -2.08. The summed E-state index contributed by atoms with van der Waals surface area (Å²) in [7, 11) is 0. The van der Waals surface area contributed by atoms with Gasteiger partial charge in [-0.1, -0.05) is 35.3 Å². The molecule has 1 saturated heterocycles. The van der Waals surface area contributed by atoms with Crippen molar-refractivity contribution < 1.29 is 14.5 Å². The van der Waals surface area contributed by atoms with Crippen LogP contribution in [0.15, 0.2) is 42.5 Å². The minimum atomic E-state index is -0.317. The van der Waals surface area contributed by atoms with Gasteiger partial charge >= 0.3 is 0 Å². The maximum absolute atomic E-state index is 12.3. The number of carbonyl (C=O) groups is 2. The molecule has 0 atom stereocenters. The second-order valence-electron chi connectivity index (χ2n) is 6.66. The van der Waals surface area contributed by atoms with Gasteiger partial charge in [0.15, 0.2) is 6.54 Å². The summed E-state index contributed by atoms with van der Waals surface area (Å²) in [5.41, 5.74) is 1.45. The van der Waals surface area contributed by atoms with E-state index >= 15 is 0 Å². The fourth-order valence-electron chi connectivity index (χ4n) is 3.19. The van der Waals surface area contributed by atoms with E-state index in [0.29, 0.717) is 33.5 Å². The minimum Gasteiger partial charge on any atom is -0.327 e. The van der Waals surface area contributed by atoms with Gasteiger partial charge in [-0.3, -0.25) is 9.59 Å². The van der Waals surface area contributed by atoms with Crippen LogP contribution in [0.3, 0.4) is 0 Å². The zero-order valence-electron chi connectivity index (χ0n) is 14.9. The van der Waals surface area contributed by atoms with Crippen LogP contribution in [0.5, 0.6) is 0 Å². The molecule has 1 heterocycles. The average molecular weight is 407 g/mol. The third-order valence-electron chi connectivity index (χ3n) is 4.59. The van der Waals surface area contributed by atoms with Gasteiger partial charge in [-0.15, -0.1) is 0 Å². The van der Waals surface area contributed by atoms with Crippen molar-refractivity contribution in [3.05, 3.63) is 58.1 Å². The number of amides is 2. The maximum atomic E-state index is 12.3. The highest BCUT2D eigenvalue weighted by molar-refractivity contribution is 6.35. The number of nitrogens with one attached hydrogen (secondary N) is 3. The summed E-state index contributed by atoms with van der Waals surface area (Å²) in [6.07, 6.45) is 3.59. The van der Waals surface area contributed by atoms with Crippen LogP contribution in [0.25, 0.3) is 0 Å². The molecule has 2 aromatic carbocycles. The molecule has 1 aliphatic rings. The molecule has 0 saturated carbocycles. The van der Waals surface area contributed by atoms with Crippen molar-refractivity contribution in [3.8, 4) is 0 Å². The molecule has 0 aromatic heterocycles. The van der Waals surface area contributed by atoms with Crippen molar-refractivity contribution in [1.82, 2.24) is 0 Å². The standard InChI is InChI=1S/C20H21Cl2N3O2/c21-16-7-3-2-6-15(16)20(27)23-14-8-9-18(17(22)12-14)24-19(26)13-25-10-4-1-5-11-25/h2-3,6-9,12H,1,4-5,10-11,13H2,(H,23,27)(H,24,26)/p+1. The third kappa shape index (κ3) is 5.45. The molecule has 5 nitrogen and oxygen atoms in total. The molecule has 0 spiro atoms. The van der Waals surface area contributed by atoms with E-state index in [0.717, 1.165) is 13.1 Å². The lowest BCUT2D eigenvalue weighted by molar-refractivity contribution is -0.896. The number of piperidine rings is 1. The zero-order valence-corrected chi connectivity index (χ0v) is 16.4. The average Bonchev–Trinajstić information content (AvgIpc) is 2.65. The van der Waals surface area contributed by atoms with Gasteiger partial charge in [0, 0.05) is 5.69 Å². The first-order chi connectivity index (χ1) is 13.0. The van der Waals surface area contributed by atoms with E-state index in [4.69, 9.17) is 23.2 Å².